The molecule has 2 aliphatic rings. The van der Waals surface area contributed by atoms with Crippen molar-refractivity contribution < 1.29 is 57.9 Å². The topological polar surface area (TPSA) is 296 Å². The maximum absolute atomic E-state index is 14.5. The number of nitro groups is 1. The molecule has 1 aliphatic heterocycles. The number of carbonyl (C=O) groups excluding carboxylic acids is 7. The number of carboxylic acid groups (broad SMARTS) is 1. The molecule has 0 spiro atoms. The summed E-state index contributed by atoms with van der Waals surface area (Å²) in [5, 5.41) is 31.5. The number of primary amides is 1. The quantitative estimate of drug-likeness (QED) is 0.0547. The second kappa shape index (κ2) is 21.0. The van der Waals surface area contributed by atoms with Gasteiger partial charge in [0.2, 0.25) is 29.5 Å². The number of nitrogens with one attached hydrogen (secondary N) is 4. The number of carboxylic acids is 1. The Morgan fingerprint density at radius 1 is 1.02 bits per heavy atom. The molecule has 7 N–H and O–H groups in total. The number of non-ortho nitro benzene ring substituents is 1. The number of amides is 6. The van der Waals surface area contributed by atoms with E-state index < -0.39 is 105 Å². The number of allylic oxidation sites excluding steroid dienone is 1. The van der Waals surface area contributed by atoms with Gasteiger partial charge in [-0.15, -0.1) is 0 Å². The van der Waals surface area contributed by atoms with E-state index in [9.17, 15) is 53.6 Å². The number of hydrogen-bond acceptors (Lipinski definition) is 12. The molecule has 0 radical (unpaired) electrons. The van der Waals surface area contributed by atoms with Gasteiger partial charge in [0, 0.05) is 24.8 Å². The van der Waals surface area contributed by atoms with Crippen LogP contribution in [0.4, 0.5) is 5.69 Å². The van der Waals surface area contributed by atoms with E-state index in [1.807, 2.05) is 0 Å². The van der Waals surface area contributed by atoms with E-state index in [1.54, 1.807) is 20.8 Å². The van der Waals surface area contributed by atoms with Gasteiger partial charge in [-0.25, -0.2) is 9.59 Å². The van der Waals surface area contributed by atoms with E-state index in [0.29, 0.717) is 18.9 Å². The molecule has 58 heavy (non-hydrogen) atoms. The summed E-state index contributed by atoms with van der Waals surface area (Å²) < 4.78 is 10.2. The van der Waals surface area contributed by atoms with Gasteiger partial charge in [0.15, 0.2) is 0 Å². The predicted octanol–water partition coefficient (Wildman–Crippen LogP) is 0.714. The van der Waals surface area contributed by atoms with Crippen molar-refractivity contribution >= 4 is 53.1 Å². The molecule has 0 bridgehead atoms. The number of methoxy groups -OCH3 is 1. The van der Waals surface area contributed by atoms with Gasteiger partial charge in [0.05, 0.1) is 36.4 Å². The van der Waals surface area contributed by atoms with Gasteiger partial charge in [-0.05, 0) is 50.0 Å². The third-order valence-electron chi connectivity index (χ3n) is 9.99. The highest BCUT2D eigenvalue weighted by atomic mass is 16.6. The second-order valence-corrected chi connectivity index (χ2v) is 15.3. The highest BCUT2D eigenvalue weighted by Gasteiger charge is 2.43. The van der Waals surface area contributed by atoms with Crippen molar-refractivity contribution in [3.05, 3.63) is 51.6 Å². The number of nitrogens with two attached hydrogens (primary N) is 1. The fourth-order valence-electron chi connectivity index (χ4n) is 6.67. The Balaban J connectivity index is 1.91. The Labute approximate surface area is 335 Å². The lowest BCUT2D eigenvalue weighted by Crippen LogP contribution is -2.65. The van der Waals surface area contributed by atoms with Crippen LogP contribution in [0.2, 0.25) is 0 Å². The number of morpholine rings is 1. The van der Waals surface area contributed by atoms with Gasteiger partial charge in [0.1, 0.15) is 30.2 Å². The molecule has 1 heterocycles. The van der Waals surface area contributed by atoms with E-state index in [1.165, 1.54) is 25.0 Å². The number of nitro benzene ring substituents is 1. The van der Waals surface area contributed by atoms with Crippen molar-refractivity contribution in [1.82, 2.24) is 26.2 Å². The van der Waals surface area contributed by atoms with Gasteiger partial charge in [-0.3, -0.25) is 38.9 Å². The lowest BCUT2D eigenvalue weighted by molar-refractivity contribution is -0.384. The van der Waals surface area contributed by atoms with Crippen LogP contribution in [-0.4, -0.2) is 119 Å². The highest BCUT2D eigenvalue weighted by molar-refractivity contribution is 6.06. The van der Waals surface area contributed by atoms with Gasteiger partial charge in [-0.2, -0.15) is 0 Å². The number of carbonyl (C=O) groups is 8. The number of ether oxygens (including phenoxy) is 2. The molecule has 1 saturated heterocycles. The molecule has 0 unspecified atom stereocenters. The van der Waals surface area contributed by atoms with Crippen LogP contribution < -0.4 is 27.0 Å². The Morgan fingerprint density at radius 2 is 1.69 bits per heavy atom. The standard InChI is InChI=1S/C38H53N7O13/c1-21(31(39)47)40-35(51)29(22-11-7-6-8-12-22)42-34(50)27-20-58-18-17-44(27)36(52)30(38(2,3)4)43-33(49)26(13-9-10-14-28(46)57-5)41-32(48)24-16-15-23(45(55)56)19-25(24)37(53)54/h10,14-16,19,21-22,26-27,29-30H,6-9,11-13,17-18,20H2,1-5H3,(H2,39,47)(H,40,51)(H,41,48)(H,42,50)(H,43,49)(H,53,54)/b14-10+/t21-,26-,27-,29-,30+/m0/s1. The lowest BCUT2D eigenvalue weighted by atomic mass is 9.83. The molecule has 2 fully saturated rings. The van der Waals surface area contributed by atoms with Gasteiger partial charge < -0.3 is 46.5 Å². The van der Waals surface area contributed by atoms with Crippen molar-refractivity contribution in [2.75, 3.05) is 26.9 Å². The SMILES string of the molecule is COC(=O)/C=C/CC[C@H](NC(=O)c1ccc([N+](=O)[O-])cc1C(=O)O)C(=O)N[C@H](C(=O)N1CCOC[C@H]1C(=O)N[C@H](C(=O)N[C@@H](C)C(N)=O)C1CCCCC1)C(C)(C)C. The fraction of sp³-hybridized carbons (Fsp3) is 0.579. The number of aromatic carboxylic acids is 1. The van der Waals surface area contributed by atoms with Crippen LogP contribution in [0.25, 0.3) is 0 Å². The molecule has 1 aliphatic carbocycles. The zero-order valence-corrected chi connectivity index (χ0v) is 33.2. The monoisotopic (exact) mass is 815 g/mol. The molecule has 20 heteroatoms. The van der Waals surface area contributed by atoms with Gasteiger partial charge >= 0.3 is 11.9 Å². The van der Waals surface area contributed by atoms with Crippen molar-refractivity contribution in [3.8, 4) is 0 Å². The average molecular weight is 816 g/mol. The van der Waals surface area contributed by atoms with Crippen LogP contribution in [-0.2, 0) is 38.2 Å². The number of nitrogens with zero attached hydrogens (tertiary/aromatic N) is 2. The van der Waals surface area contributed by atoms with E-state index >= 15 is 0 Å². The highest BCUT2D eigenvalue weighted by Crippen LogP contribution is 2.28. The Kier molecular flexibility index (Phi) is 16.8. The Hall–Kier alpha value is -5.92. The summed E-state index contributed by atoms with van der Waals surface area (Å²) in [5.74, 6) is -7.23. The Morgan fingerprint density at radius 3 is 2.28 bits per heavy atom. The summed E-state index contributed by atoms with van der Waals surface area (Å²) in [6.45, 7) is 6.18. The van der Waals surface area contributed by atoms with E-state index in [-0.39, 0.29) is 38.5 Å². The molecule has 1 saturated carbocycles. The summed E-state index contributed by atoms with van der Waals surface area (Å²) in [5.41, 5.74) is 2.61. The van der Waals surface area contributed by atoms with E-state index in [4.69, 9.17) is 10.5 Å². The third-order valence-corrected chi connectivity index (χ3v) is 9.99. The van der Waals surface area contributed by atoms with Crippen molar-refractivity contribution in [3.63, 3.8) is 0 Å². The molecular weight excluding hydrogens is 762 g/mol. The minimum absolute atomic E-state index is 0.0211. The molecule has 0 aromatic heterocycles. The average Bonchev–Trinajstić information content (AvgIpc) is 3.18. The zero-order valence-electron chi connectivity index (χ0n) is 33.2. The first-order valence-corrected chi connectivity index (χ1v) is 18.9. The summed E-state index contributed by atoms with van der Waals surface area (Å²) in [6.07, 6.45) is 6.25. The molecule has 5 atom stereocenters. The molecule has 318 valence electrons. The van der Waals surface area contributed by atoms with Crippen molar-refractivity contribution in [1.29, 1.82) is 0 Å². The molecule has 3 rings (SSSR count). The summed E-state index contributed by atoms with van der Waals surface area (Å²) in [7, 11) is 1.17. The molecular formula is C38H53N7O13. The summed E-state index contributed by atoms with van der Waals surface area (Å²) in [6, 6.07) is -3.45. The number of benzene rings is 1. The summed E-state index contributed by atoms with van der Waals surface area (Å²) >= 11 is 0. The fourth-order valence-corrected chi connectivity index (χ4v) is 6.67. The van der Waals surface area contributed by atoms with Crippen LogP contribution in [0.15, 0.2) is 30.4 Å². The van der Waals surface area contributed by atoms with Crippen LogP contribution >= 0.6 is 0 Å². The van der Waals surface area contributed by atoms with Gasteiger partial charge in [-0.1, -0.05) is 46.1 Å². The third kappa shape index (κ3) is 12.8. The molecule has 1 aromatic rings. The maximum Gasteiger partial charge on any atom is 0.336 e. The first-order chi connectivity index (χ1) is 27.3. The second-order valence-electron chi connectivity index (χ2n) is 15.3. The molecule has 20 nitrogen and oxygen atoms in total. The van der Waals surface area contributed by atoms with Crippen LogP contribution in [0.3, 0.4) is 0 Å². The smallest absolute Gasteiger partial charge is 0.336 e. The lowest BCUT2D eigenvalue weighted by Gasteiger charge is -2.41. The van der Waals surface area contributed by atoms with E-state index in [0.717, 1.165) is 37.5 Å². The van der Waals surface area contributed by atoms with E-state index in [2.05, 4.69) is 26.0 Å². The van der Waals surface area contributed by atoms with Crippen LogP contribution in [0.1, 0.15) is 93.4 Å². The maximum atomic E-state index is 14.5. The van der Waals surface area contributed by atoms with Crippen LogP contribution in [0, 0.1) is 21.4 Å². The van der Waals surface area contributed by atoms with Crippen LogP contribution in [0.5, 0.6) is 0 Å². The van der Waals surface area contributed by atoms with Gasteiger partial charge in [0.25, 0.3) is 11.6 Å². The number of rotatable bonds is 17. The van der Waals surface area contributed by atoms with Crippen molar-refractivity contribution in [2.24, 2.45) is 17.1 Å². The number of esters is 1. The summed E-state index contributed by atoms with van der Waals surface area (Å²) in [4.78, 5) is 116. The normalized spacial score (nSPS) is 18.2. The number of hydrogen-bond donors (Lipinski definition) is 6. The predicted molar refractivity (Wildman–Crippen MR) is 205 cm³/mol. The minimum atomic E-state index is -1.63. The van der Waals surface area contributed by atoms with Crippen molar-refractivity contribution in [2.45, 2.75) is 103 Å². The first kappa shape index (κ1) is 46.5. The zero-order chi connectivity index (χ0) is 43.3. The molecule has 6 amide bonds. The Bertz CT molecular complexity index is 1770. The molecule has 1 aromatic carbocycles. The first-order valence-electron chi connectivity index (χ1n) is 18.9. The largest absolute Gasteiger partial charge is 0.478 e. The minimum Gasteiger partial charge on any atom is -0.478 e.